The quantitative estimate of drug-likeness (QED) is 0.334. The van der Waals surface area contributed by atoms with Crippen LogP contribution in [0.25, 0.3) is 0 Å². The van der Waals surface area contributed by atoms with Crippen LogP contribution in [0.2, 0.25) is 0 Å². The molecule has 2 aromatic rings. The van der Waals surface area contributed by atoms with Gasteiger partial charge in [-0.3, -0.25) is 0 Å². The van der Waals surface area contributed by atoms with E-state index < -0.39 is 0 Å². The van der Waals surface area contributed by atoms with Gasteiger partial charge in [-0.05, 0) is 24.1 Å². The number of methoxy groups -OCH3 is 1. The van der Waals surface area contributed by atoms with Crippen molar-refractivity contribution in [1.82, 2.24) is 25.4 Å². The van der Waals surface area contributed by atoms with Crippen molar-refractivity contribution in [1.29, 1.82) is 0 Å². The first-order valence-corrected chi connectivity index (χ1v) is 8.78. The molecule has 1 heterocycles. The summed E-state index contributed by atoms with van der Waals surface area (Å²) in [6.45, 7) is 7.27. The molecular weight excluding hydrogens is 443 g/mol. The van der Waals surface area contributed by atoms with Gasteiger partial charge in [0, 0.05) is 26.1 Å². The third kappa shape index (κ3) is 7.19. The topological polar surface area (TPSA) is 76.4 Å². The number of aryl methyl sites for hydroxylation is 1. The highest BCUT2D eigenvalue weighted by atomic mass is 127. The van der Waals surface area contributed by atoms with Crippen LogP contribution < -0.4 is 15.4 Å². The number of halogens is 1. The second-order valence-corrected chi connectivity index (χ2v) is 5.66. The Hall–Kier alpha value is -1.84. The molecular formula is C18H29IN6O. The zero-order valence-corrected chi connectivity index (χ0v) is 18.1. The molecule has 0 amide bonds. The number of rotatable bonds is 9. The Morgan fingerprint density at radius 2 is 2.04 bits per heavy atom. The lowest BCUT2D eigenvalue weighted by atomic mass is 10.2. The van der Waals surface area contributed by atoms with E-state index in [4.69, 9.17) is 4.74 Å². The van der Waals surface area contributed by atoms with E-state index in [0.717, 1.165) is 55.6 Å². The number of nitrogens with one attached hydrogen (secondary N) is 2. The molecule has 0 saturated heterocycles. The maximum absolute atomic E-state index is 5.26. The summed E-state index contributed by atoms with van der Waals surface area (Å²) in [6.07, 6.45) is 3.70. The predicted octanol–water partition coefficient (Wildman–Crippen LogP) is 2.61. The van der Waals surface area contributed by atoms with Crippen LogP contribution in [0.4, 0.5) is 0 Å². The summed E-state index contributed by atoms with van der Waals surface area (Å²) in [5.41, 5.74) is 1.11. The molecule has 7 nitrogen and oxygen atoms in total. The van der Waals surface area contributed by atoms with Gasteiger partial charge in [0.25, 0.3) is 0 Å². The molecule has 8 heteroatoms. The highest BCUT2D eigenvalue weighted by Crippen LogP contribution is 2.13. The third-order valence-corrected chi connectivity index (χ3v) is 3.75. The summed E-state index contributed by atoms with van der Waals surface area (Å²) in [5.74, 6) is 2.66. The molecule has 0 fully saturated rings. The van der Waals surface area contributed by atoms with E-state index in [1.807, 2.05) is 24.3 Å². The Labute approximate surface area is 172 Å². The van der Waals surface area contributed by atoms with Gasteiger partial charge in [-0.15, -0.1) is 34.2 Å². The Morgan fingerprint density at radius 3 is 2.77 bits per heavy atom. The van der Waals surface area contributed by atoms with Gasteiger partial charge in [-0.1, -0.05) is 26.0 Å². The fourth-order valence-corrected chi connectivity index (χ4v) is 2.39. The SMILES string of the molecule is CCCNC(=NCc1cccc(OC)c1)NCCn1cnnc1CC.I. The zero-order chi connectivity index (χ0) is 17.9. The molecule has 0 radical (unpaired) electrons. The van der Waals surface area contributed by atoms with Crippen molar-refractivity contribution in [2.45, 2.75) is 39.8 Å². The van der Waals surface area contributed by atoms with Crippen LogP contribution in [0.1, 0.15) is 31.7 Å². The second-order valence-electron chi connectivity index (χ2n) is 5.66. The lowest BCUT2D eigenvalue weighted by molar-refractivity contribution is 0.414. The van der Waals surface area contributed by atoms with Crippen molar-refractivity contribution in [3.63, 3.8) is 0 Å². The van der Waals surface area contributed by atoms with E-state index in [1.165, 1.54) is 0 Å². The van der Waals surface area contributed by atoms with E-state index in [1.54, 1.807) is 13.4 Å². The molecule has 0 unspecified atom stereocenters. The zero-order valence-electron chi connectivity index (χ0n) is 15.7. The minimum atomic E-state index is 0. The Balaban J connectivity index is 0.00000338. The summed E-state index contributed by atoms with van der Waals surface area (Å²) in [7, 11) is 1.67. The van der Waals surface area contributed by atoms with Gasteiger partial charge in [0.05, 0.1) is 13.7 Å². The molecule has 0 spiro atoms. The van der Waals surface area contributed by atoms with E-state index >= 15 is 0 Å². The highest BCUT2D eigenvalue weighted by molar-refractivity contribution is 14.0. The lowest BCUT2D eigenvalue weighted by Gasteiger charge is -2.13. The van der Waals surface area contributed by atoms with E-state index in [0.29, 0.717) is 6.54 Å². The van der Waals surface area contributed by atoms with Crippen molar-refractivity contribution in [2.75, 3.05) is 20.2 Å². The first kappa shape index (κ1) is 22.2. The van der Waals surface area contributed by atoms with Crippen LogP contribution in [0.15, 0.2) is 35.6 Å². The van der Waals surface area contributed by atoms with Crippen LogP contribution in [0, 0.1) is 0 Å². The number of benzene rings is 1. The van der Waals surface area contributed by atoms with Gasteiger partial charge in [0.1, 0.15) is 17.9 Å². The molecule has 0 atom stereocenters. The summed E-state index contributed by atoms with van der Waals surface area (Å²) >= 11 is 0. The number of nitrogens with zero attached hydrogens (tertiary/aromatic N) is 4. The molecule has 0 aliphatic carbocycles. The molecule has 0 aliphatic rings. The van der Waals surface area contributed by atoms with Gasteiger partial charge in [-0.2, -0.15) is 0 Å². The minimum absolute atomic E-state index is 0. The van der Waals surface area contributed by atoms with Gasteiger partial charge in [0.2, 0.25) is 0 Å². The summed E-state index contributed by atoms with van der Waals surface area (Å²) in [6, 6.07) is 7.97. The lowest BCUT2D eigenvalue weighted by Crippen LogP contribution is -2.39. The number of guanidine groups is 1. The monoisotopic (exact) mass is 472 g/mol. The highest BCUT2D eigenvalue weighted by Gasteiger charge is 2.03. The molecule has 26 heavy (non-hydrogen) atoms. The number of hydrogen-bond donors (Lipinski definition) is 2. The maximum Gasteiger partial charge on any atom is 0.191 e. The largest absolute Gasteiger partial charge is 0.497 e. The smallest absolute Gasteiger partial charge is 0.191 e. The first-order chi connectivity index (χ1) is 12.3. The normalized spacial score (nSPS) is 11.0. The van der Waals surface area contributed by atoms with Gasteiger partial charge >= 0.3 is 0 Å². The molecule has 1 aromatic carbocycles. The Kier molecular flexibility index (Phi) is 10.7. The van der Waals surface area contributed by atoms with E-state index in [2.05, 4.69) is 44.2 Å². The Bertz CT molecular complexity index is 673. The molecule has 2 rings (SSSR count). The fraction of sp³-hybridized carbons (Fsp3) is 0.500. The van der Waals surface area contributed by atoms with Crippen molar-refractivity contribution < 1.29 is 4.74 Å². The molecule has 0 saturated carbocycles. The average molecular weight is 472 g/mol. The van der Waals surface area contributed by atoms with Crippen LogP contribution >= 0.6 is 24.0 Å². The van der Waals surface area contributed by atoms with Crippen molar-refractivity contribution in [3.05, 3.63) is 42.0 Å². The van der Waals surface area contributed by atoms with Gasteiger partial charge in [0.15, 0.2) is 5.96 Å². The predicted molar refractivity (Wildman–Crippen MR) is 115 cm³/mol. The van der Waals surface area contributed by atoms with Crippen LogP contribution in [-0.2, 0) is 19.5 Å². The van der Waals surface area contributed by atoms with E-state index in [-0.39, 0.29) is 24.0 Å². The number of hydrogen-bond acceptors (Lipinski definition) is 4. The Morgan fingerprint density at radius 1 is 1.23 bits per heavy atom. The van der Waals surface area contributed by atoms with Crippen LogP contribution in [0.5, 0.6) is 5.75 Å². The van der Waals surface area contributed by atoms with E-state index in [9.17, 15) is 0 Å². The number of aromatic nitrogens is 3. The molecule has 0 aliphatic heterocycles. The summed E-state index contributed by atoms with van der Waals surface area (Å²) in [4.78, 5) is 4.67. The number of aliphatic imine (C=N–C) groups is 1. The average Bonchev–Trinajstić information content (AvgIpc) is 3.11. The van der Waals surface area contributed by atoms with Gasteiger partial charge < -0.3 is 19.9 Å². The molecule has 1 aromatic heterocycles. The van der Waals surface area contributed by atoms with Crippen molar-refractivity contribution >= 4 is 29.9 Å². The summed E-state index contributed by atoms with van der Waals surface area (Å²) in [5, 5.41) is 14.8. The number of ether oxygens (including phenoxy) is 1. The minimum Gasteiger partial charge on any atom is -0.497 e. The first-order valence-electron chi connectivity index (χ1n) is 8.78. The third-order valence-electron chi connectivity index (χ3n) is 3.75. The van der Waals surface area contributed by atoms with Crippen LogP contribution in [-0.4, -0.2) is 40.9 Å². The van der Waals surface area contributed by atoms with Crippen molar-refractivity contribution in [2.24, 2.45) is 4.99 Å². The van der Waals surface area contributed by atoms with Crippen LogP contribution in [0.3, 0.4) is 0 Å². The van der Waals surface area contributed by atoms with Gasteiger partial charge in [-0.25, -0.2) is 4.99 Å². The standard InChI is InChI=1S/C18H28N6O.HI/c1-4-9-19-18(20-10-11-24-14-22-23-17(24)5-2)21-13-15-7-6-8-16(12-15)25-3;/h6-8,12,14H,4-5,9-11,13H2,1-3H3,(H2,19,20,21);1H. The molecule has 2 N–H and O–H groups in total. The summed E-state index contributed by atoms with van der Waals surface area (Å²) < 4.78 is 7.32. The van der Waals surface area contributed by atoms with Crippen molar-refractivity contribution in [3.8, 4) is 5.75 Å². The fourth-order valence-electron chi connectivity index (χ4n) is 2.39. The molecule has 0 bridgehead atoms. The maximum atomic E-state index is 5.26. The second kappa shape index (κ2) is 12.5. The molecule has 144 valence electrons.